The number of amides is 1. The Morgan fingerprint density at radius 2 is 1.80 bits per heavy atom. The Bertz CT molecular complexity index is 1020. The molecule has 0 fully saturated rings. The first-order valence-electron chi connectivity index (χ1n) is 9.45. The average molecular weight is 428 g/mol. The van der Waals surface area contributed by atoms with Gasteiger partial charge in [0, 0.05) is 11.1 Å². The Kier molecular flexibility index (Phi) is 7.08. The van der Waals surface area contributed by atoms with Crippen LogP contribution in [0.25, 0.3) is 5.69 Å². The van der Waals surface area contributed by atoms with Crippen LogP contribution in [0.15, 0.2) is 54.6 Å². The molecule has 0 aliphatic rings. The van der Waals surface area contributed by atoms with E-state index < -0.39 is 5.97 Å². The number of nitrogens with one attached hydrogen (secondary N) is 1. The van der Waals surface area contributed by atoms with E-state index in [1.165, 1.54) is 0 Å². The lowest BCUT2D eigenvalue weighted by atomic mass is 10.2. The molecule has 1 amide bonds. The summed E-state index contributed by atoms with van der Waals surface area (Å²) in [5.74, 6) is -0.268. The summed E-state index contributed by atoms with van der Waals surface area (Å²) in [6, 6.07) is 16.1. The summed E-state index contributed by atoms with van der Waals surface area (Å²) in [4.78, 5) is 24.2. The van der Waals surface area contributed by atoms with E-state index in [2.05, 4.69) is 10.4 Å². The van der Waals surface area contributed by atoms with Gasteiger partial charge in [0.25, 0.3) is 5.91 Å². The van der Waals surface area contributed by atoms with Gasteiger partial charge in [-0.3, -0.25) is 9.59 Å². The number of halogens is 1. The first-order chi connectivity index (χ1) is 14.5. The van der Waals surface area contributed by atoms with Gasteiger partial charge in [-0.15, -0.1) is 0 Å². The fourth-order valence-corrected chi connectivity index (χ4v) is 3.09. The van der Waals surface area contributed by atoms with E-state index in [0.29, 0.717) is 34.3 Å². The summed E-state index contributed by atoms with van der Waals surface area (Å²) in [6.07, 6.45) is 0. The molecule has 2 aromatic carbocycles. The maximum Gasteiger partial charge on any atom is 0.325 e. The van der Waals surface area contributed by atoms with Gasteiger partial charge in [-0.25, -0.2) is 4.68 Å². The Morgan fingerprint density at radius 3 is 2.47 bits per heavy atom. The van der Waals surface area contributed by atoms with Crippen molar-refractivity contribution >= 4 is 23.5 Å². The summed E-state index contributed by atoms with van der Waals surface area (Å²) in [5, 5.41) is 7.32. The van der Waals surface area contributed by atoms with Crippen molar-refractivity contribution < 1.29 is 19.1 Å². The van der Waals surface area contributed by atoms with E-state index in [-0.39, 0.29) is 19.1 Å². The van der Waals surface area contributed by atoms with Gasteiger partial charge in [0.15, 0.2) is 0 Å². The van der Waals surface area contributed by atoms with Gasteiger partial charge in [0.1, 0.15) is 24.1 Å². The Labute approximate surface area is 179 Å². The van der Waals surface area contributed by atoms with Gasteiger partial charge in [-0.05, 0) is 50.2 Å². The minimum absolute atomic E-state index is 0.0325. The number of rotatable bonds is 8. The molecule has 0 aliphatic heterocycles. The molecular weight excluding hydrogens is 406 g/mol. The molecular formula is C22H22ClN3O4. The van der Waals surface area contributed by atoms with Crippen molar-refractivity contribution in [3.63, 3.8) is 0 Å². The summed E-state index contributed by atoms with van der Waals surface area (Å²) in [7, 11) is 0. The van der Waals surface area contributed by atoms with E-state index in [1.54, 1.807) is 35.9 Å². The van der Waals surface area contributed by atoms with Crippen LogP contribution in [0.5, 0.6) is 5.75 Å². The van der Waals surface area contributed by atoms with Crippen LogP contribution in [0.2, 0.25) is 5.15 Å². The number of para-hydroxylation sites is 1. The summed E-state index contributed by atoms with van der Waals surface area (Å²) in [5.41, 5.74) is 2.52. The summed E-state index contributed by atoms with van der Waals surface area (Å²) < 4.78 is 12.2. The normalized spacial score (nSPS) is 10.5. The standard InChI is InChI=1S/C22H22ClN3O4/c1-3-29-18-11-9-16(10-12-18)22(28)24-13-20(27)30-14-19-15(2)25-26(21(19)23)17-7-5-4-6-8-17/h4-12H,3,13-14H2,1-2H3,(H,24,28). The highest BCUT2D eigenvalue weighted by atomic mass is 35.5. The molecule has 0 bridgehead atoms. The zero-order chi connectivity index (χ0) is 21.5. The molecule has 30 heavy (non-hydrogen) atoms. The number of carbonyl (C=O) groups excluding carboxylic acids is 2. The maximum atomic E-state index is 12.2. The second kappa shape index (κ2) is 9.93. The number of esters is 1. The van der Waals surface area contributed by atoms with Crippen molar-refractivity contribution in [1.29, 1.82) is 0 Å². The molecule has 0 spiro atoms. The minimum atomic E-state index is -0.572. The van der Waals surface area contributed by atoms with Crippen LogP contribution in [0.4, 0.5) is 0 Å². The van der Waals surface area contributed by atoms with Crippen molar-refractivity contribution in [2.24, 2.45) is 0 Å². The van der Waals surface area contributed by atoms with E-state index in [0.717, 1.165) is 5.69 Å². The van der Waals surface area contributed by atoms with Crippen molar-refractivity contribution in [3.8, 4) is 11.4 Å². The topological polar surface area (TPSA) is 82.4 Å². The highest BCUT2D eigenvalue weighted by Crippen LogP contribution is 2.24. The third-order valence-corrected chi connectivity index (χ3v) is 4.71. The van der Waals surface area contributed by atoms with E-state index >= 15 is 0 Å². The number of benzene rings is 2. The molecule has 1 heterocycles. The second-order valence-electron chi connectivity index (χ2n) is 6.40. The number of hydrogen-bond donors (Lipinski definition) is 1. The SMILES string of the molecule is CCOc1ccc(C(=O)NCC(=O)OCc2c(C)nn(-c3ccccc3)c2Cl)cc1. The zero-order valence-electron chi connectivity index (χ0n) is 16.7. The quantitative estimate of drug-likeness (QED) is 0.554. The maximum absolute atomic E-state index is 12.2. The molecule has 156 valence electrons. The molecule has 7 nitrogen and oxygen atoms in total. The lowest BCUT2D eigenvalue weighted by Crippen LogP contribution is -2.30. The molecule has 0 saturated carbocycles. The molecule has 1 N–H and O–H groups in total. The van der Waals surface area contributed by atoms with Crippen LogP contribution >= 0.6 is 11.6 Å². The molecule has 0 saturated heterocycles. The van der Waals surface area contributed by atoms with Crippen molar-refractivity contribution in [3.05, 3.63) is 76.6 Å². The summed E-state index contributed by atoms with van der Waals surface area (Å²) >= 11 is 6.42. The fourth-order valence-electron chi connectivity index (χ4n) is 2.76. The number of hydrogen-bond acceptors (Lipinski definition) is 5. The third kappa shape index (κ3) is 5.18. The largest absolute Gasteiger partial charge is 0.494 e. The first-order valence-corrected chi connectivity index (χ1v) is 9.83. The number of nitrogens with zero attached hydrogens (tertiary/aromatic N) is 2. The number of aromatic nitrogens is 2. The molecule has 0 unspecified atom stereocenters. The first kappa shape index (κ1) is 21.4. The molecule has 0 radical (unpaired) electrons. The molecule has 1 aromatic heterocycles. The van der Waals surface area contributed by atoms with Gasteiger partial charge in [-0.2, -0.15) is 5.10 Å². The van der Waals surface area contributed by atoms with E-state index in [1.807, 2.05) is 37.3 Å². The number of aryl methyl sites for hydroxylation is 1. The lowest BCUT2D eigenvalue weighted by molar-refractivity contribution is -0.143. The zero-order valence-corrected chi connectivity index (χ0v) is 17.5. The predicted octanol–water partition coefficient (Wildman–Crippen LogP) is 3.71. The van der Waals surface area contributed by atoms with Gasteiger partial charge in [0.2, 0.25) is 0 Å². The highest BCUT2D eigenvalue weighted by Gasteiger charge is 2.17. The molecule has 0 aliphatic carbocycles. The van der Waals surface area contributed by atoms with Crippen molar-refractivity contribution in [2.75, 3.05) is 13.2 Å². The molecule has 3 rings (SSSR count). The van der Waals surface area contributed by atoms with Crippen molar-refractivity contribution in [2.45, 2.75) is 20.5 Å². The Balaban J connectivity index is 1.53. The van der Waals surface area contributed by atoms with Crippen LogP contribution in [-0.2, 0) is 16.1 Å². The number of ether oxygens (including phenoxy) is 2. The second-order valence-corrected chi connectivity index (χ2v) is 6.76. The predicted molar refractivity (Wildman–Crippen MR) is 113 cm³/mol. The average Bonchev–Trinajstić information content (AvgIpc) is 3.05. The van der Waals surface area contributed by atoms with Crippen LogP contribution < -0.4 is 10.1 Å². The van der Waals surface area contributed by atoms with E-state index in [9.17, 15) is 9.59 Å². The lowest BCUT2D eigenvalue weighted by Gasteiger charge is -2.08. The van der Waals surface area contributed by atoms with Gasteiger partial charge in [-0.1, -0.05) is 29.8 Å². The fraction of sp³-hybridized carbons (Fsp3) is 0.227. The van der Waals surface area contributed by atoms with Crippen LogP contribution in [0.1, 0.15) is 28.5 Å². The Hall–Kier alpha value is -3.32. The van der Waals surface area contributed by atoms with E-state index in [4.69, 9.17) is 21.1 Å². The highest BCUT2D eigenvalue weighted by molar-refractivity contribution is 6.30. The van der Waals surface area contributed by atoms with Gasteiger partial charge in [0.05, 0.1) is 18.0 Å². The summed E-state index contributed by atoms with van der Waals surface area (Å²) in [6.45, 7) is 3.94. The third-order valence-electron chi connectivity index (χ3n) is 4.32. The molecule has 0 atom stereocenters. The number of carbonyl (C=O) groups is 2. The van der Waals surface area contributed by atoms with Crippen LogP contribution in [0.3, 0.4) is 0 Å². The smallest absolute Gasteiger partial charge is 0.325 e. The van der Waals surface area contributed by atoms with Gasteiger partial charge >= 0.3 is 5.97 Å². The Morgan fingerprint density at radius 1 is 1.10 bits per heavy atom. The van der Waals surface area contributed by atoms with Crippen LogP contribution in [-0.4, -0.2) is 34.8 Å². The van der Waals surface area contributed by atoms with Crippen molar-refractivity contribution in [1.82, 2.24) is 15.1 Å². The van der Waals surface area contributed by atoms with Gasteiger partial charge < -0.3 is 14.8 Å². The minimum Gasteiger partial charge on any atom is -0.494 e. The monoisotopic (exact) mass is 427 g/mol. The molecule has 8 heteroatoms. The molecule has 3 aromatic rings. The van der Waals surface area contributed by atoms with Crippen LogP contribution in [0, 0.1) is 6.92 Å².